The van der Waals surface area contributed by atoms with Crippen molar-refractivity contribution < 1.29 is 9.59 Å². The normalized spacial score (nSPS) is 31.7. The van der Waals surface area contributed by atoms with Crippen molar-refractivity contribution in [3.05, 3.63) is 44.4 Å². The van der Waals surface area contributed by atoms with Gasteiger partial charge in [0.1, 0.15) is 0 Å². The first kappa shape index (κ1) is 15.3. The van der Waals surface area contributed by atoms with Crippen molar-refractivity contribution in [1.29, 1.82) is 0 Å². The van der Waals surface area contributed by atoms with Crippen LogP contribution < -0.4 is 0 Å². The van der Waals surface area contributed by atoms with Crippen LogP contribution in [-0.4, -0.2) is 23.0 Å². The van der Waals surface area contributed by atoms with Gasteiger partial charge in [-0.05, 0) is 48.4 Å². The highest BCUT2D eigenvalue weighted by atomic mass is 79.9. The van der Waals surface area contributed by atoms with Gasteiger partial charge in [-0.15, -0.1) is 0 Å². The molecule has 2 bridgehead atoms. The quantitative estimate of drug-likeness (QED) is 0.402. The fourth-order valence-corrected chi connectivity index (χ4v) is 5.09. The lowest BCUT2D eigenvalue weighted by molar-refractivity contribution is -0.140. The average Bonchev–Trinajstić information content (AvgIpc) is 3.18. The van der Waals surface area contributed by atoms with E-state index in [1.807, 2.05) is 19.1 Å². The van der Waals surface area contributed by atoms with E-state index in [0.717, 1.165) is 31.5 Å². The Labute approximate surface area is 150 Å². The predicted molar refractivity (Wildman–Crippen MR) is 93.7 cm³/mol. The Kier molecular flexibility index (Phi) is 3.57. The molecule has 118 valence electrons. The second kappa shape index (κ2) is 5.38. The topological polar surface area (TPSA) is 49.7 Å². The summed E-state index contributed by atoms with van der Waals surface area (Å²) < 4.78 is 1.90. The predicted octanol–water partition coefficient (Wildman–Crippen LogP) is 3.66. The Morgan fingerprint density at radius 2 is 1.61 bits per heavy atom. The van der Waals surface area contributed by atoms with Crippen LogP contribution in [-0.2, 0) is 9.59 Å². The van der Waals surface area contributed by atoms with E-state index < -0.39 is 0 Å². The molecule has 1 aromatic carbocycles. The molecule has 4 rings (SSSR count). The summed E-state index contributed by atoms with van der Waals surface area (Å²) in [5, 5.41) is 5.26. The van der Waals surface area contributed by atoms with Crippen LogP contribution in [0, 0.1) is 30.6 Å². The van der Waals surface area contributed by atoms with Gasteiger partial charge in [-0.25, -0.2) is 0 Å². The molecule has 2 aliphatic carbocycles. The largest absolute Gasteiger partial charge is 0.272 e. The van der Waals surface area contributed by atoms with Gasteiger partial charge in [0.05, 0.1) is 18.1 Å². The third-order valence-corrected chi connectivity index (χ3v) is 6.72. The van der Waals surface area contributed by atoms with Gasteiger partial charge >= 0.3 is 0 Å². The Hall–Kier alpha value is -1.27. The lowest BCUT2D eigenvalue weighted by Crippen LogP contribution is -2.28. The minimum absolute atomic E-state index is 0.154. The molecule has 0 radical (unpaired) electrons. The number of nitrogens with zero attached hydrogens (tertiary/aromatic N) is 2. The van der Waals surface area contributed by atoms with Gasteiger partial charge in [0, 0.05) is 8.95 Å². The van der Waals surface area contributed by atoms with Crippen LogP contribution in [0.1, 0.15) is 17.5 Å². The molecule has 1 saturated heterocycles. The molecule has 23 heavy (non-hydrogen) atoms. The van der Waals surface area contributed by atoms with E-state index in [2.05, 4.69) is 49.1 Å². The molecule has 0 spiro atoms. The zero-order valence-electron chi connectivity index (χ0n) is 12.4. The van der Waals surface area contributed by atoms with Crippen molar-refractivity contribution in [3.63, 3.8) is 0 Å². The molecule has 4 nitrogen and oxygen atoms in total. The zero-order chi connectivity index (χ0) is 16.3. The van der Waals surface area contributed by atoms with Crippen molar-refractivity contribution in [1.82, 2.24) is 5.01 Å². The first-order chi connectivity index (χ1) is 11.0. The summed E-state index contributed by atoms with van der Waals surface area (Å²) in [6, 6.07) is 3.83. The van der Waals surface area contributed by atoms with Crippen LogP contribution in [0.5, 0.6) is 0 Å². The average molecular weight is 438 g/mol. The lowest BCUT2D eigenvalue weighted by Gasteiger charge is -2.13. The Morgan fingerprint density at radius 3 is 2.13 bits per heavy atom. The molecule has 0 unspecified atom stereocenters. The van der Waals surface area contributed by atoms with Crippen LogP contribution in [0.2, 0.25) is 0 Å². The minimum Gasteiger partial charge on any atom is -0.272 e. The number of hydrogen-bond donors (Lipinski definition) is 0. The number of carbonyl (C=O) groups is 2. The van der Waals surface area contributed by atoms with Gasteiger partial charge in [0.15, 0.2) is 0 Å². The van der Waals surface area contributed by atoms with Gasteiger partial charge < -0.3 is 0 Å². The maximum Gasteiger partial charge on any atom is 0.254 e. The Bertz CT molecular complexity index is 734. The summed E-state index contributed by atoms with van der Waals surface area (Å²) in [5.74, 6) is -0.289. The molecular formula is C17H14Br2N2O2. The van der Waals surface area contributed by atoms with Crippen molar-refractivity contribution in [3.8, 4) is 0 Å². The zero-order valence-corrected chi connectivity index (χ0v) is 15.5. The second-order valence-corrected chi connectivity index (χ2v) is 8.05. The van der Waals surface area contributed by atoms with Gasteiger partial charge in [0.25, 0.3) is 11.8 Å². The maximum absolute atomic E-state index is 12.5. The molecule has 1 aromatic rings. The van der Waals surface area contributed by atoms with Gasteiger partial charge in [0.2, 0.25) is 0 Å². The van der Waals surface area contributed by atoms with Gasteiger partial charge in [-0.3, -0.25) is 9.59 Å². The molecule has 1 saturated carbocycles. The van der Waals surface area contributed by atoms with E-state index in [-0.39, 0.29) is 35.5 Å². The number of imide groups is 1. The summed E-state index contributed by atoms with van der Waals surface area (Å²) in [6.07, 6.45) is 6.67. The number of rotatable bonds is 2. The monoisotopic (exact) mass is 436 g/mol. The van der Waals surface area contributed by atoms with Crippen LogP contribution in [0.25, 0.3) is 0 Å². The van der Waals surface area contributed by atoms with Crippen molar-refractivity contribution in [2.75, 3.05) is 0 Å². The van der Waals surface area contributed by atoms with Gasteiger partial charge in [-0.1, -0.05) is 44.0 Å². The third-order valence-electron chi connectivity index (χ3n) is 5.07. The molecule has 1 heterocycles. The van der Waals surface area contributed by atoms with E-state index in [1.54, 1.807) is 6.21 Å². The molecular weight excluding hydrogens is 424 g/mol. The third kappa shape index (κ3) is 2.26. The van der Waals surface area contributed by atoms with E-state index in [9.17, 15) is 9.59 Å². The van der Waals surface area contributed by atoms with Crippen molar-refractivity contribution in [2.24, 2.45) is 28.8 Å². The highest BCUT2D eigenvalue weighted by Gasteiger charge is 2.59. The molecule has 0 N–H and O–H groups in total. The van der Waals surface area contributed by atoms with Crippen LogP contribution in [0.15, 0.2) is 38.3 Å². The smallest absolute Gasteiger partial charge is 0.254 e. The van der Waals surface area contributed by atoms with E-state index in [1.165, 1.54) is 0 Å². The van der Waals surface area contributed by atoms with Crippen LogP contribution in [0.4, 0.5) is 0 Å². The van der Waals surface area contributed by atoms with Crippen LogP contribution >= 0.6 is 31.9 Å². The molecule has 0 aromatic heterocycles. The maximum atomic E-state index is 12.5. The Balaban J connectivity index is 1.60. The minimum atomic E-state index is -0.203. The number of carbonyl (C=O) groups excluding carboxylic acids is 2. The fourth-order valence-electron chi connectivity index (χ4n) is 3.86. The highest BCUT2D eigenvalue weighted by Crippen LogP contribution is 2.52. The second-order valence-electron chi connectivity index (χ2n) is 6.34. The molecule has 2 amide bonds. The molecule has 4 atom stereocenters. The highest BCUT2D eigenvalue weighted by molar-refractivity contribution is 9.11. The number of benzene rings is 1. The first-order valence-electron chi connectivity index (χ1n) is 7.53. The number of fused-ring (bicyclic) bond motifs is 5. The SMILES string of the molecule is Cc1c(Br)cc(/C=N\N2C(=O)[C@H]3[C@H](C2=O)[C@H]2C=C[C@H]3C2)cc1Br. The van der Waals surface area contributed by atoms with Crippen molar-refractivity contribution >= 4 is 49.9 Å². The molecule has 6 heteroatoms. The molecule has 3 aliphatic rings. The fraction of sp³-hybridized carbons (Fsp3) is 0.353. The van der Waals surface area contributed by atoms with E-state index >= 15 is 0 Å². The summed E-state index contributed by atoms with van der Waals surface area (Å²) in [7, 11) is 0. The number of hydrogen-bond acceptors (Lipinski definition) is 3. The Morgan fingerprint density at radius 1 is 1.09 bits per heavy atom. The number of hydrazone groups is 1. The van der Waals surface area contributed by atoms with E-state index in [4.69, 9.17) is 0 Å². The van der Waals surface area contributed by atoms with Gasteiger partial charge in [-0.2, -0.15) is 10.1 Å². The standard InChI is InChI=1S/C17H14Br2N2O2/c1-8-12(18)4-9(5-13(8)19)7-20-21-16(22)14-10-2-3-11(6-10)15(14)17(21)23/h2-5,7,10-11,14-15H,6H2,1H3/b20-7-/t10-,11-,14+,15+/m0/s1. The van der Waals surface area contributed by atoms with Crippen LogP contribution in [0.3, 0.4) is 0 Å². The summed E-state index contributed by atoms with van der Waals surface area (Å²) in [6.45, 7) is 1.99. The number of allylic oxidation sites excluding steroid dienone is 2. The molecule has 1 aliphatic heterocycles. The summed E-state index contributed by atoms with van der Waals surface area (Å²) in [4.78, 5) is 25.1. The number of amides is 2. The van der Waals surface area contributed by atoms with Crippen molar-refractivity contribution in [2.45, 2.75) is 13.3 Å². The first-order valence-corrected chi connectivity index (χ1v) is 9.11. The lowest BCUT2D eigenvalue weighted by atomic mass is 9.85. The summed E-state index contributed by atoms with van der Waals surface area (Å²) in [5.41, 5.74) is 1.92. The summed E-state index contributed by atoms with van der Waals surface area (Å²) >= 11 is 6.98. The molecule has 2 fully saturated rings. The number of halogens is 2. The van der Waals surface area contributed by atoms with E-state index in [0.29, 0.717) is 0 Å².